The average molecular weight is 379 g/mol. The first-order valence-electron chi connectivity index (χ1n) is 8.52. The van der Waals surface area contributed by atoms with Crippen LogP contribution in [-0.4, -0.2) is 11.8 Å². The molecular weight excluding hydrogens is 360 g/mol. The summed E-state index contributed by atoms with van der Waals surface area (Å²) < 4.78 is 0. The number of halogens is 1. The predicted octanol–water partition coefficient (Wildman–Crippen LogP) is 4.83. The Morgan fingerprint density at radius 3 is 2.19 bits per heavy atom. The highest BCUT2D eigenvalue weighted by molar-refractivity contribution is 6.31. The van der Waals surface area contributed by atoms with Crippen LogP contribution in [0, 0.1) is 6.92 Å². The quantitative estimate of drug-likeness (QED) is 0.668. The molecule has 0 aliphatic carbocycles. The number of carbonyl (C=O) groups is 2. The molecule has 0 radical (unpaired) electrons. The van der Waals surface area contributed by atoms with Gasteiger partial charge >= 0.3 is 0 Å². The van der Waals surface area contributed by atoms with Crippen LogP contribution >= 0.6 is 11.6 Å². The van der Waals surface area contributed by atoms with Gasteiger partial charge in [0.15, 0.2) is 0 Å². The lowest BCUT2D eigenvalue weighted by Crippen LogP contribution is -2.23. The summed E-state index contributed by atoms with van der Waals surface area (Å²) in [6, 6.07) is 21.5. The second-order valence-corrected chi connectivity index (χ2v) is 6.58. The predicted molar refractivity (Wildman–Crippen MR) is 108 cm³/mol. The maximum Gasteiger partial charge on any atom is 0.255 e. The van der Waals surface area contributed by atoms with Crippen molar-refractivity contribution in [3.8, 4) is 0 Å². The fraction of sp³-hybridized carbons (Fsp3) is 0.0909. The van der Waals surface area contributed by atoms with Crippen LogP contribution in [0.4, 0.5) is 5.69 Å². The molecule has 0 aromatic heterocycles. The normalized spacial score (nSPS) is 10.3. The number of nitrogens with one attached hydrogen (secondary N) is 2. The lowest BCUT2D eigenvalue weighted by Gasteiger charge is -2.08. The number of amides is 2. The van der Waals surface area contributed by atoms with Gasteiger partial charge in [0.2, 0.25) is 0 Å². The molecule has 3 rings (SSSR count). The minimum Gasteiger partial charge on any atom is -0.348 e. The first-order valence-corrected chi connectivity index (χ1v) is 8.90. The number of hydrogen-bond donors (Lipinski definition) is 2. The first-order chi connectivity index (χ1) is 13.0. The molecule has 3 aromatic rings. The molecule has 0 bridgehead atoms. The van der Waals surface area contributed by atoms with E-state index in [0.717, 1.165) is 16.8 Å². The largest absolute Gasteiger partial charge is 0.348 e. The summed E-state index contributed by atoms with van der Waals surface area (Å²) in [5, 5.41) is 6.29. The van der Waals surface area contributed by atoms with Crippen LogP contribution in [0.1, 0.15) is 31.8 Å². The monoisotopic (exact) mass is 378 g/mol. The van der Waals surface area contributed by atoms with Crippen molar-refractivity contribution >= 4 is 29.1 Å². The molecule has 4 nitrogen and oxygen atoms in total. The summed E-state index contributed by atoms with van der Waals surface area (Å²) in [7, 11) is 0. The minimum atomic E-state index is -0.222. The second kappa shape index (κ2) is 8.52. The van der Waals surface area contributed by atoms with Crippen molar-refractivity contribution in [2.45, 2.75) is 13.5 Å². The molecule has 5 heteroatoms. The van der Waals surface area contributed by atoms with Gasteiger partial charge in [-0.1, -0.05) is 41.9 Å². The minimum absolute atomic E-state index is 0.219. The van der Waals surface area contributed by atoms with Crippen LogP contribution < -0.4 is 10.6 Å². The van der Waals surface area contributed by atoms with Crippen LogP contribution in [0.25, 0.3) is 0 Å². The van der Waals surface area contributed by atoms with Crippen molar-refractivity contribution in [2.24, 2.45) is 0 Å². The lowest BCUT2D eigenvalue weighted by atomic mass is 10.1. The number of rotatable bonds is 5. The number of hydrogen-bond acceptors (Lipinski definition) is 2. The van der Waals surface area contributed by atoms with Crippen molar-refractivity contribution < 1.29 is 9.59 Å². The van der Waals surface area contributed by atoms with Crippen LogP contribution in [-0.2, 0) is 6.54 Å². The fourth-order valence-electron chi connectivity index (χ4n) is 2.62. The number of aryl methyl sites for hydroxylation is 1. The Labute approximate surface area is 163 Å². The summed E-state index contributed by atoms with van der Waals surface area (Å²) in [6.45, 7) is 2.31. The maximum atomic E-state index is 12.3. The zero-order valence-corrected chi connectivity index (χ0v) is 15.6. The first kappa shape index (κ1) is 18.7. The van der Waals surface area contributed by atoms with Crippen LogP contribution in [0.3, 0.4) is 0 Å². The molecule has 2 N–H and O–H groups in total. The van der Waals surface area contributed by atoms with E-state index in [1.807, 2.05) is 49.4 Å². The Bertz CT molecular complexity index is 968. The van der Waals surface area contributed by atoms with E-state index in [4.69, 9.17) is 11.6 Å². The van der Waals surface area contributed by atoms with E-state index in [0.29, 0.717) is 22.7 Å². The van der Waals surface area contributed by atoms with Gasteiger partial charge < -0.3 is 10.6 Å². The summed E-state index contributed by atoms with van der Waals surface area (Å²) >= 11 is 6.09. The Morgan fingerprint density at radius 1 is 0.852 bits per heavy atom. The molecular formula is C22H19ClN2O2. The summed E-state index contributed by atoms with van der Waals surface area (Å²) in [5.41, 5.74) is 3.62. The van der Waals surface area contributed by atoms with E-state index in [9.17, 15) is 9.59 Å². The molecule has 136 valence electrons. The van der Waals surface area contributed by atoms with Gasteiger partial charge in [-0.3, -0.25) is 9.59 Å². The van der Waals surface area contributed by atoms with Crippen molar-refractivity contribution in [2.75, 3.05) is 5.32 Å². The third-order valence-corrected chi connectivity index (χ3v) is 4.45. The van der Waals surface area contributed by atoms with Crippen molar-refractivity contribution in [1.29, 1.82) is 0 Å². The average Bonchev–Trinajstić information content (AvgIpc) is 2.67. The third-order valence-electron chi connectivity index (χ3n) is 4.08. The van der Waals surface area contributed by atoms with E-state index >= 15 is 0 Å². The van der Waals surface area contributed by atoms with Gasteiger partial charge in [-0.25, -0.2) is 0 Å². The molecule has 0 saturated heterocycles. The number of anilines is 1. The Hall–Kier alpha value is -3.11. The van der Waals surface area contributed by atoms with E-state index in [-0.39, 0.29) is 11.8 Å². The highest BCUT2D eigenvalue weighted by atomic mass is 35.5. The van der Waals surface area contributed by atoms with Crippen molar-refractivity contribution in [1.82, 2.24) is 5.32 Å². The molecule has 0 spiro atoms. The molecule has 0 fully saturated rings. The molecule has 0 aliphatic heterocycles. The number of carbonyl (C=O) groups excluding carboxylic acids is 2. The topological polar surface area (TPSA) is 58.2 Å². The molecule has 3 aromatic carbocycles. The Morgan fingerprint density at radius 2 is 1.52 bits per heavy atom. The molecule has 0 aliphatic rings. The van der Waals surface area contributed by atoms with Gasteiger partial charge in [0.1, 0.15) is 0 Å². The summed E-state index contributed by atoms with van der Waals surface area (Å²) in [6.07, 6.45) is 0. The molecule has 0 atom stereocenters. The maximum absolute atomic E-state index is 12.3. The van der Waals surface area contributed by atoms with Gasteiger partial charge in [0, 0.05) is 28.4 Å². The lowest BCUT2D eigenvalue weighted by molar-refractivity contribution is 0.0949. The van der Waals surface area contributed by atoms with Gasteiger partial charge in [0.25, 0.3) is 11.8 Å². The summed E-state index contributed by atoms with van der Waals surface area (Å²) in [4.78, 5) is 24.6. The van der Waals surface area contributed by atoms with Gasteiger partial charge in [0.05, 0.1) is 0 Å². The molecule has 2 amide bonds. The standard InChI is InChI=1S/C22H19ClN2O2/c1-15-5-4-7-19(13-15)25-22(27)17-11-9-16(10-12-17)21(26)24-14-18-6-2-3-8-20(18)23/h2-13H,14H2,1H3,(H,24,26)(H,25,27). The van der Waals surface area contributed by atoms with Crippen molar-refractivity contribution in [3.05, 3.63) is 100 Å². The van der Waals surface area contributed by atoms with E-state index in [1.165, 1.54) is 0 Å². The van der Waals surface area contributed by atoms with Crippen LogP contribution in [0.15, 0.2) is 72.8 Å². The van der Waals surface area contributed by atoms with E-state index < -0.39 is 0 Å². The van der Waals surface area contributed by atoms with Crippen molar-refractivity contribution in [3.63, 3.8) is 0 Å². The third kappa shape index (κ3) is 4.96. The Kier molecular flexibility index (Phi) is 5.89. The fourth-order valence-corrected chi connectivity index (χ4v) is 2.82. The molecule has 0 saturated carbocycles. The smallest absolute Gasteiger partial charge is 0.255 e. The van der Waals surface area contributed by atoms with Gasteiger partial charge in [-0.15, -0.1) is 0 Å². The molecule has 27 heavy (non-hydrogen) atoms. The second-order valence-electron chi connectivity index (χ2n) is 6.18. The highest BCUT2D eigenvalue weighted by Crippen LogP contribution is 2.15. The highest BCUT2D eigenvalue weighted by Gasteiger charge is 2.10. The van der Waals surface area contributed by atoms with E-state index in [2.05, 4.69) is 10.6 Å². The van der Waals surface area contributed by atoms with E-state index in [1.54, 1.807) is 30.3 Å². The molecule has 0 heterocycles. The molecule has 0 unspecified atom stereocenters. The zero-order chi connectivity index (χ0) is 19.2. The van der Waals surface area contributed by atoms with Gasteiger partial charge in [-0.05, 0) is 60.5 Å². The van der Waals surface area contributed by atoms with Crippen LogP contribution in [0.5, 0.6) is 0 Å². The number of benzene rings is 3. The SMILES string of the molecule is Cc1cccc(NC(=O)c2ccc(C(=O)NCc3ccccc3Cl)cc2)c1. The van der Waals surface area contributed by atoms with Gasteiger partial charge in [-0.2, -0.15) is 0 Å². The summed E-state index contributed by atoms with van der Waals surface area (Å²) in [5.74, 6) is -0.441. The Balaban J connectivity index is 1.61. The zero-order valence-electron chi connectivity index (χ0n) is 14.8. The van der Waals surface area contributed by atoms with Crippen LogP contribution in [0.2, 0.25) is 5.02 Å².